The molecule has 2 aromatic carbocycles. The Morgan fingerprint density at radius 1 is 1.00 bits per heavy atom. The van der Waals surface area contributed by atoms with Gasteiger partial charge < -0.3 is 9.32 Å². The molecule has 0 N–H and O–H groups in total. The average molecular weight is 341 g/mol. The van der Waals surface area contributed by atoms with Crippen LogP contribution in [0.15, 0.2) is 71.9 Å². The third-order valence-corrected chi connectivity index (χ3v) is 5.23. The molecule has 0 amide bonds. The van der Waals surface area contributed by atoms with Crippen LogP contribution in [-0.4, -0.2) is 28.5 Å². The summed E-state index contributed by atoms with van der Waals surface area (Å²) in [5.74, 6) is 0.365. The predicted molar refractivity (Wildman–Crippen MR) is 102 cm³/mol. The molecule has 0 fully saturated rings. The quantitative estimate of drug-likeness (QED) is 0.539. The van der Waals surface area contributed by atoms with Crippen molar-refractivity contribution in [2.75, 3.05) is 13.6 Å². The first-order valence-corrected chi connectivity index (χ1v) is 8.82. The number of rotatable bonds is 2. The van der Waals surface area contributed by atoms with E-state index in [9.17, 15) is 0 Å². The van der Waals surface area contributed by atoms with Gasteiger partial charge in [0.25, 0.3) is 0 Å². The minimum absolute atomic E-state index is 0.365. The van der Waals surface area contributed by atoms with E-state index in [-0.39, 0.29) is 0 Å². The topological polar surface area (TPSA) is 42.2 Å². The molecule has 0 saturated heterocycles. The number of likely N-dealkylation sites (N-methyl/N-ethyl adjacent to an activating group) is 1. The molecule has 4 nitrogen and oxygen atoms in total. The zero-order valence-corrected chi connectivity index (χ0v) is 14.6. The summed E-state index contributed by atoms with van der Waals surface area (Å²) in [5.41, 5.74) is 7.28. The first kappa shape index (κ1) is 15.3. The molecule has 5 rings (SSSR count). The van der Waals surface area contributed by atoms with Crippen molar-refractivity contribution in [2.24, 2.45) is 0 Å². The van der Waals surface area contributed by atoms with E-state index in [1.165, 1.54) is 22.3 Å². The SMILES string of the molecule is CN1Cc2cc(-c3cncnc3)ccc2C(c2ccc3occc3c2)C1. The largest absolute Gasteiger partial charge is 0.464 e. The van der Waals surface area contributed by atoms with E-state index in [2.05, 4.69) is 58.3 Å². The molecule has 0 spiro atoms. The van der Waals surface area contributed by atoms with Gasteiger partial charge in [-0.2, -0.15) is 0 Å². The maximum absolute atomic E-state index is 5.49. The standard InChI is InChI=1S/C22H19N3O/c1-25-12-18-8-15(19-10-23-14-24-11-19)2-4-20(18)21(13-25)16-3-5-22-17(9-16)6-7-26-22/h2-11,14,21H,12-13H2,1H3. The number of aromatic nitrogens is 2. The summed E-state index contributed by atoms with van der Waals surface area (Å²) in [6.45, 7) is 1.98. The van der Waals surface area contributed by atoms with Crippen LogP contribution in [0.5, 0.6) is 0 Å². The summed E-state index contributed by atoms with van der Waals surface area (Å²) >= 11 is 0. The van der Waals surface area contributed by atoms with Gasteiger partial charge in [0, 0.05) is 42.4 Å². The summed E-state index contributed by atoms with van der Waals surface area (Å²) in [6, 6.07) is 15.3. The number of benzene rings is 2. The van der Waals surface area contributed by atoms with Gasteiger partial charge in [-0.15, -0.1) is 0 Å². The minimum Gasteiger partial charge on any atom is -0.464 e. The van der Waals surface area contributed by atoms with Crippen LogP contribution in [0.1, 0.15) is 22.6 Å². The Morgan fingerprint density at radius 3 is 2.77 bits per heavy atom. The Kier molecular flexibility index (Phi) is 3.57. The highest BCUT2D eigenvalue weighted by atomic mass is 16.3. The molecule has 26 heavy (non-hydrogen) atoms. The molecule has 2 aromatic heterocycles. The normalized spacial score (nSPS) is 17.3. The number of hydrogen-bond acceptors (Lipinski definition) is 4. The van der Waals surface area contributed by atoms with Crippen LogP contribution in [-0.2, 0) is 6.54 Å². The van der Waals surface area contributed by atoms with Crippen molar-refractivity contribution < 1.29 is 4.42 Å². The zero-order valence-electron chi connectivity index (χ0n) is 14.6. The van der Waals surface area contributed by atoms with Crippen molar-refractivity contribution in [1.82, 2.24) is 14.9 Å². The number of furan rings is 1. The highest BCUT2D eigenvalue weighted by Gasteiger charge is 2.25. The Labute approximate surface area is 152 Å². The second kappa shape index (κ2) is 6.07. The predicted octanol–water partition coefficient (Wildman–Crippen LogP) is 4.47. The molecule has 1 atom stereocenters. The maximum Gasteiger partial charge on any atom is 0.133 e. The lowest BCUT2D eigenvalue weighted by atomic mass is 9.83. The highest BCUT2D eigenvalue weighted by molar-refractivity contribution is 5.78. The summed E-state index contributed by atoms with van der Waals surface area (Å²) in [4.78, 5) is 10.7. The third kappa shape index (κ3) is 2.59. The molecule has 128 valence electrons. The van der Waals surface area contributed by atoms with Gasteiger partial charge in [-0.05, 0) is 53.6 Å². The fourth-order valence-electron chi connectivity index (χ4n) is 3.96. The third-order valence-electron chi connectivity index (χ3n) is 5.23. The Balaban J connectivity index is 1.59. The molecule has 3 heterocycles. The molecule has 1 unspecified atom stereocenters. The van der Waals surface area contributed by atoms with Gasteiger partial charge in [0.2, 0.25) is 0 Å². The lowest BCUT2D eigenvalue weighted by Crippen LogP contribution is -2.31. The lowest BCUT2D eigenvalue weighted by molar-refractivity contribution is 0.295. The first-order chi connectivity index (χ1) is 12.8. The van der Waals surface area contributed by atoms with E-state index < -0.39 is 0 Å². The monoisotopic (exact) mass is 341 g/mol. The van der Waals surface area contributed by atoms with Crippen LogP contribution in [0.4, 0.5) is 0 Å². The van der Waals surface area contributed by atoms with Crippen LogP contribution in [0, 0.1) is 0 Å². The second-order valence-corrected chi connectivity index (χ2v) is 7.01. The van der Waals surface area contributed by atoms with E-state index in [0.717, 1.165) is 29.6 Å². The van der Waals surface area contributed by atoms with E-state index >= 15 is 0 Å². The van der Waals surface area contributed by atoms with E-state index in [1.807, 2.05) is 18.5 Å². The van der Waals surface area contributed by atoms with Crippen molar-refractivity contribution in [1.29, 1.82) is 0 Å². The maximum atomic E-state index is 5.49. The van der Waals surface area contributed by atoms with Crippen LogP contribution in [0.3, 0.4) is 0 Å². The lowest BCUT2D eigenvalue weighted by Gasteiger charge is -2.33. The van der Waals surface area contributed by atoms with Gasteiger partial charge in [-0.25, -0.2) is 9.97 Å². The van der Waals surface area contributed by atoms with Crippen LogP contribution in [0.25, 0.3) is 22.1 Å². The molecule has 0 radical (unpaired) electrons. The van der Waals surface area contributed by atoms with Gasteiger partial charge >= 0.3 is 0 Å². The van der Waals surface area contributed by atoms with Crippen LogP contribution >= 0.6 is 0 Å². The van der Waals surface area contributed by atoms with Gasteiger partial charge in [-0.3, -0.25) is 0 Å². The van der Waals surface area contributed by atoms with Crippen LogP contribution < -0.4 is 0 Å². The van der Waals surface area contributed by atoms with E-state index in [0.29, 0.717) is 5.92 Å². The van der Waals surface area contributed by atoms with Crippen molar-refractivity contribution in [3.8, 4) is 11.1 Å². The van der Waals surface area contributed by atoms with Gasteiger partial charge in [0.05, 0.1) is 6.26 Å². The Hall–Kier alpha value is -2.98. The molecular formula is C22H19N3O. The summed E-state index contributed by atoms with van der Waals surface area (Å²) in [5, 5.41) is 1.16. The van der Waals surface area contributed by atoms with Gasteiger partial charge in [0.15, 0.2) is 0 Å². The van der Waals surface area contributed by atoms with Crippen molar-refractivity contribution in [3.05, 3.63) is 84.1 Å². The first-order valence-electron chi connectivity index (χ1n) is 8.82. The molecule has 4 aromatic rings. The van der Waals surface area contributed by atoms with Crippen molar-refractivity contribution in [3.63, 3.8) is 0 Å². The fraction of sp³-hybridized carbons (Fsp3) is 0.182. The Morgan fingerprint density at radius 2 is 1.88 bits per heavy atom. The van der Waals surface area contributed by atoms with Crippen LogP contribution in [0.2, 0.25) is 0 Å². The number of hydrogen-bond donors (Lipinski definition) is 0. The molecular weight excluding hydrogens is 322 g/mol. The Bertz CT molecular complexity index is 1070. The zero-order chi connectivity index (χ0) is 17.5. The average Bonchev–Trinajstić information content (AvgIpc) is 3.15. The van der Waals surface area contributed by atoms with E-state index in [1.54, 1.807) is 12.6 Å². The molecule has 0 aliphatic carbocycles. The molecule has 0 bridgehead atoms. The number of nitrogens with zero attached hydrogens (tertiary/aromatic N) is 3. The summed E-state index contributed by atoms with van der Waals surface area (Å²) < 4.78 is 5.49. The number of fused-ring (bicyclic) bond motifs is 2. The fourth-order valence-corrected chi connectivity index (χ4v) is 3.96. The minimum atomic E-state index is 0.365. The molecule has 0 saturated carbocycles. The van der Waals surface area contributed by atoms with Crippen molar-refractivity contribution >= 4 is 11.0 Å². The van der Waals surface area contributed by atoms with Crippen molar-refractivity contribution in [2.45, 2.75) is 12.5 Å². The van der Waals surface area contributed by atoms with Gasteiger partial charge in [0.1, 0.15) is 11.9 Å². The molecule has 1 aliphatic rings. The van der Waals surface area contributed by atoms with Gasteiger partial charge in [-0.1, -0.05) is 18.2 Å². The molecule has 4 heteroatoms. The highest BCUT2D eigenvalue weighted by Crippen LogP contribution is 2.36. The second-order valence-electron chi connectivity index (χ2n) is 7.01. The summed E-state index contributed by atoms with van der Waals surface area (Å²) in [7, 11) is 2.19. The smallest absolute Gasteiger partial charge is 0.133 e. The molecule has 1 aliphatic heterocycles. The van der Waals surface area contributed by atoms with E-state index in [4.69, 9.17) is 4.42 Å². The summed E-state index contributed by atoms with van der Waals surface area (Å²) in [6.07, 6.45) is 7.05.